The summed E-state index contributed by atoms with van der Waals surface area (Å²) in [6, 6.07) is 26.5. The molecule has 2 unspecified atom stereocenters. The lowest BCUT2D eigenvalue weighted by Crippen LogP contribution is -2.31. The Morgan fingerprint density at radius 1 is 0.592 bits per heavy atom. The Labute approximate surface area is 296 Å². The highest BCUT2D eigenvalue weighted by atomic mass is 32.2. The van der Waals surface area contributed by atoms with E-state index >= 15 is 0 Å². The first kappa shape index (κ1) is 31.8. The third-order valence-electron chi connectivity index (χ3n) is 8.02. The number of imide groups is 2. The number of sulfone groups is 1. The molecule has 4 amide bonds. The Hall–Kier alpha value is -4.41. The molecular weight excluding hydrogens is 721 g/mol. The van der Waals surface area contributed by atoms with Gasteiger partial charge in [-0.25, -0.2) is 28.2 Å². The number of rotatable bonds is 8. The molecule has 0 N–H and O–H groups in total. The van der Waals surface area contributed by atoms with Crippen molar-refractivity contribution in [3.63, 3.8) is 0 Å². The summed E-state index contributed by atoms with van der Waals surface area (Å²) in [5.41, 5.74) is 1.90. The summed E-state index contributed by atoms with van der Waals surface area (Å²) in [5, 5.41) is -1.39. The van der Waals surface area contributed by atoms with E-state index in [1.54, 1.807) is 0 Å². The Morgan fingerprint density at radius 2 is 1.02 bits per heavy atom. The molecule has 244 valence electrons. The van der Waals surface area contributed by atoms with Gasteiger partial charge in [0.15, 0.2) is 8.68 Å². The molecule has 0 saturated carbocycles. The molecule has 2 aliphatic rings. The molecule has 2 fully saturated rings. The minimum absolute atomic E-state index is 0.0470. The van der Waals surface area contributed by atoms with Crippen molar-refractivity contribution in [2.45, 2.75) is 41.8 Å². The summed E-state index contributed by atoms with van der Waals surface area (Å²) in [6.45, 7) is 0. The van der Waals surface area contributed by atoms with Gasteiger partial charge < -0.3 is 0 Å². The second kappa shape index (κ2) is 12.5. The zero-order valence-electron chi connectivity index (χ0n) is 25.1. The highest BCUT2D eigenvalue weighted by Gasteiger charge is 2.42. The number of hydrogen-bond donors (Lipinski definition) is 0. The van der Waals surface area contributed by atoms with Gasteiger partial charge in [0.2, 0.25) is 33.5 Å². The van der Waals surface area contributed by atoms with Crippen LogP contribution in [0.1, 0.15) is 12.8 Å². The van der Waals surface area contributed by atoms with Crippen molar-refractivity contribution in [2.75, 3.05) is 9.80 Å². The van der Waals surface area contributed by atoms with Crippen molar-refractivity contribution in [3.8, 4) is 0 Å². The van der Waals surface area contributed by atoms with E-state index in [4.69, 9.17) is 0 Å². The lowest BCUT2D eigenvalue weighted by molar-refractivity contribution is -0.122. The van der Waals surface area contributed by atoms with Crippen molar-refractivity contribution in [1.82, 2.24) is 9.97 Å². The maximum atomic E-state index is 13.9. The van der Waals surface area contributed by atoms with Crippen molar-refractivity contribution >= 4 is 111 Å². The van der Waals surface area contributed by atoms with Crippen LogP contribution < -0.4 is 9.80 Å². The van der Waals surface area contributed by atoms with Gasteiger partial charge in [0, 0.05) is 12.8 Å². The number of carbonyl (C=O) groups excluding carboxylic acids is 4. The normalized spacial score (nSPS) is 18.4. The molecule has 0 radical (unpaired) electrons. The molecule has 4 aromatic carbocycles. The number of thioether (sulfide) groups is 2. The molecule has 8 rings (SSSR count). The van der Waals surface area contributed by atoms with Crippen molar-refractivity contribution in [2.24, 2.45) is 0 Å². The van der Waals surface area contributed by atoms with Crippen molar-refractivity contribution in [3.05, 3.63) is 97.1 Å². The van der Waals surface area contributed by atoms with Gasteiger partial charge in [-0.1, -0.05) is 59.9 Å². The molecule has 15 heteroatoms. The fourth-order valence-electron chi connectivity index (χ4n) is 5.70. The maximum absolute atomic E-state index is 13.9. The van der Waals surface area contributed by atoms with Crippen LogP contribution >= 0.6 is 46.2 Å². The van der Waals surface area contributed by atoms with E-state index in [1.807, 2.05) is 48.5 Å². The molecule has 2 aliphatic heterocycles. The average Bonchev–Trinajstić information content (AvgIpc) is 3.84. The zero-order chi connectivity index (χ0) is 33.9. The predicted molar refractivity (Wildman–Crippen MR) is 191 cm³/mol. The average molecular weight is 743 g/mol. The molecule has 0 spiro atoms. The van der Waals surface area contributed by atoms with Crippen LogP contribution in [0.25, 0.3) is 20.4 Å². The van der Waals surface area contributed by atoms with Gasteiger partial charge in [-0.3, -0.25) is 19.2 Å². The first-order valence-corrected chi connectivity index (χ1v) is 19.8. The van der Waals surface area contributed by atoms with E-state index in [-0.39, 0.29) is 34.0 Å². The minimum atomic E-state index is -4.19. The summed E-state index contributed by atoms with van der Waals surface area (Å²) in [4.78, 5) is 63.9. The highest BCUT2D eigenvalue weighted by molar-refractivity contribution is 8.02. The van der Waals surface area contributed by atoms with Crippen LogP contribution in [0.5, 0.6) is 0 Å². The number of carbonyl (C=O) groups is 4. The lowest BCUT2D eigenvalue weighted by Gasteiger charge is -2.17. The third kappa shape index (κ3) is 5.84. The van der Waals surface area contributed by atoms with Gasteiger partial charge in [0.1, 0.15) is 10.5 Å². The molecule has 2 aromatic heterocycles. The van der Waals surface area contributed by atoms with Crippen LogP contribution in [0.2, 0.25) is 0 Å². The SMILES string of the molecule is O=C1CC(Sc2nc3ccccc3s2)C(=O)N1c1cccc(S(=O)(=O)c2cccc(N3C(=O)CC(Sc4nc5ccccc5s4)C3=O)c2)c1. The van der Waals surface area contributed by atoms with Crippen LogP contribution in [0.4, 0.5) is 11.4 Å². The Balaban J connectivity index is 1.01. The number of anilines is 2. The first-order chi connectivity index (χ1) is 23.7. The topological polar surface area (TPSA) is 135 Å². The van der Waals surface area contributed by atoms with Gasteiger partial charge in [-0.2, -0.15) is 0 Å². The summed E-state index contributed by atoms with van der Waals surface area (Å²) < 4.78 is 31.0. The van der Waals surface area contributed by atoms with Crippen molar-refractivity contribution < 1.29 is 27.6 Å². The van der Waals surface area contributed by atoms with E-state index in [2.05, 4.69) is 9.97 Å². The molecule has 2 saturated heterocycles. The number of amides is 4. The van der Waals surface area contributed by atoms with Gasteiger partial charge in [0.25, 0.3) is 0 Å². The third-order valence-corrected chi connectivity index (χ3v) is 14.4. The molecule has 10 nitrogen and oxygen atoms in total. The molecule has 4 heterocycles. The summed E-state index contributed by atoms with van der Waals surface area (Å²) in [5.74, 6) is -1.78. The Bertz CT molecular complexity index is 2230. The number of nitrogens with zero attached hydrogens (tertiary/aromatic N) is 4. The lowest BCUT2D eigenvalue weighted by atomic mass is 10.3. The predicted octanol–water partition coefficient (Wildman–Crippen LogP) is 6.59. The molecule has 49 heavy (non-hydrogen) atoms. The molecule has 0 bridgehead atoms. The maximum Gasteiger partial charge on any atom is 0.247 e. The number of benzene rings is 4. The smallest absolute Gasteiger partial charge is 0.247 e. The van der Waals surface area contributed by atoms with E-state index in [0.29, 0.717) is 8.68 Å². The number of aromatic nitrogens is 2. The van der Waals surface area contributed by atoms with Crippen molar-refractivity contribution in [1.29, 1.82) is 0 Å². The Morgan fingerprint density at radius 3 is 1.45 bits per heavy atom. The van der Waals surface area contributed by atoms with E-state index in [9.17, 15) is 27.6 Å². The molecular formula is C34H22N4O6S5. The van der Waals surface area contributed by atoms with Crippen LogP contribution in [0.15, 0.2) is 116 Å². The summed E-state index contributed by atoms with van der Waals surface area (Å²) >= 11 is 5.32. The second-order valence-electron chi connectivity index (χ2n) is 11.1. The minimum Gasteiger partial charge on any atom is -0.274 e. The molecule has 0 aliphatic carbocycles. The number of thiazole rings is 2. The van der Waals surface area contributed by atoms with E-state index in [0.717, 1.165) is 30.2 Å². The number of para-hydroxylation sites is 2. The summed E-state index contributed by atoms with van der Waals surface area (Å²) in [7, 11) is -4.19. The van der Waals surface area contributed by atoms with E-state index in [1.165, 1.54) is 94.7 Å². The fourth-order valence-corrected chi connectivity index (χ4v) is 11.7. The summed E-state index contributed by atoms with van der Waals surface area (Å²) in [6.07, 6.45) is -0.0941. The standard InChI is InChI=1S/C34H22N4O6S5/c39-29-17-27(47-33-35-23-11-1-3-13-25(23)45-33)31(41)37(29)19-7-5-9-21(15-19)49(43,44)22-10-6-8-20(16-22)38-30(40)18-28(32(38)42)48-34-36-24-12-2-4-14-26(24)46-34/h1-16,27-28H,17-18H2. The Kier molecular flexibility index (Phi) is 8.11. The number of hydrogen-bond acceptors (Lipinski definition) is 12. The van der Waals surface area contributed by atoms with Gasteiger partial charge in [0.05, 0.1) is 41.6 Å². The molecule has 6 aromatic rings. The largest absolute Gasteiger partial charge is 0.274 e. The number of fused-ring (bicyclic) bond motifs is 2. The first-order valence-electron chi connectivity index (χ1n) is 14.9. The highest BCUT2D eigenvalue weighted by Crippen LogP contribution is 2.40. The van der Waals surface area contributed by atoms with Crippen LogP contribution in [0.3, 0.4) is 0 Å². The van der Waals surface area contributed by atoms with Crippen LogP contribution in [-0.4, -0.2) is 52.5 Å². The molecule has 2 atom stereocenters. The van der Waals surface area contributed by atoms with Gasteiger partial charge >= 0.3 is 0 Å². The second-order valence-corrected chi connectivity index (χ2v) is 18.1. The van der Waals surface area contributed by atoms with Gasteiger partial charge in [-0.05, 0) is 60.7 Å². The van der Waals surface area contributed by atoms with Crippen LogP contribution in [0, 0.1) is 0 Å². The monoisotopic (exact) mass is 742 g/mol. The fraction of sp³-hybridized carbons (Fsp3) is 0.118. The van der Waals surface area contributed by atoms with Gasteiger partial charge in [-0.15, -0.1) is 22.7 Å². The van der Waals surface area contributed by atoms with E-state index < -0.39 is 44.0 Å². The quantitative estimate of drug-likeness (QED) is 0.157. The van der Waals surface area contributed by atoms with Crippen LogP contribution in [-0.2, 0) is 29.0 Å². The zero-order valence-corrected chi connectivity index (χ0v) is 29.2.